The Morgan fingerprint density at radius 2 is 1.88 bits per heavy atom. The lowest BCUT2D eigenvalue weighted by Crippen LogP contribution is -2.42. The molecule has 1 aromatic rings. The number of rotatable bonds is 3. The third-order valence-electron chi connectivity index (χ3n) is 2.78. The Balaban J connectivity index is 3.06. The molecule has 0 aliphatic rings. The first-order valence-electron chi connectivity index (χ1n) is 5.31. The van der Waals surface area contributed by atoms with Gasteiger partial charge < -0.3 is 16.2 Å². The van der Waals surface area contributed by atoms with E-state index in [0.717, 1.165) is 5.56 Å². The molecule has 0 fully saturated rings. The van der Waals surface area contributed by atoms with E-state index in [9.17, 15) is 5.11 Å². The van der Waals surface area contributed by atoms with Crippen LogP contribution >= 0.6 is 0 Å². The van der Waals surface area contributed by atoms with Crippen molar-refractivity contribution in [2.45, 2.75) is 46.3 Å². The fourth-order valence-electron chi connectivity index (χ4n) is 1.18. The molecule has 0 spiro atoms. The van der Waals surface area contributed by atoms with Crippen LogP contribution in [-0.2, 0) is 0 Å². The topological polar surface area (TPSA) is 84.1 Å². The fraction of sp³-hybridized carbons (Fsp3) is 0.636. The van der Waals surface area contributed by atoms with Gasteiger partial charge in [0.2, 0.25) is 0 Å². The average Bonchev–Trinajstić information content (AvgIpc) is 2.12. The number of hydrogen-bond donors (Lipinski definition) is 3. The lowest BCUT2D eigenvalue weighted by molar-refractivity contribution is 0.133. The molecular formula is C11H20N4O. The van der Waals surface area contributed by atoms with Crippen LogP contribution in [0, 0.1) is 13.8 Å². The Labute approximate surface area is 96.1 Å². The molecule has 0 aromatic carbocycles. The van der Waals surface area contributed by atoms with Crippen molar-refractivity contribution in [3.05, 3.63) is 11.4 Å². The number of aromatic nitrogens is 2. The molecule has 0 radical (unpaired) electrons. The first-order chi connectivity index (χ1) is 7.24. The van der Waals surface area contributed by atoms with Crippen molar-refractivity contribution < 1.29 is 5.11 Å². The maximum Gasteiger partial charge on any atom is 0.135 e. The maximum absolute atomic E-state index is 9.63. The second kappa shape index (κ2) is 4.25. The molecule has 1 unspecified atom stereocenters. The van der Waals surface area contributed by atoms with Gasteiger partial charge in [0.15, 0.2) is 0 Å². The molecule has 0 amide bonds. The van der Waals surface area contributed by atoms with E-state index in [1.54, 1.807) is 13.8 Å². The molecule has 0 aliphatic carbocycles. The minimum absolute atomic E-state index is 0.460. The smallest absolute Gasteiger partial charge is 0.135 e. The van der Waals surface area contributed by atoms with Gasteiger partial charge in [-0.3, -0.25) is 0 Å². The van der Waals surface area contributed by atoms with Gasteiger partial charge in [-0.05, 0) is 34.6 Å². The summed E-state index contributed by atoms with van der Waals surface area (Å²) in [6.07, 6.45) is -0.497. The third-order valence-corrected chi connectivity index (χ3v) is 2.78. The molecular weight excluding hydrogens is 204 g/mol. The largest absolute Gasteiger partial charge is 0.391 e. The number of anilines is 2. The summed E-state index contributed by atoms with van der Waals surface area (Å²) >= 11 is 0. The van der Waals surface area contributed by atoms with Crippen molar-refractivity contribution in [1.82, 2.24) is 9.97 Å². The summed E-state index contributed by atoms with van der Waals surface area (Å²) in [4.78, 5) is 8.36. The molecule has 90 valence electrons. The molecule has 4 N–H and O–H groups in total. The van der Waals surface area contributed by atoms with Gasteiger partial charge in [-0.15, -0.1) is 0 Å². The third kappa shape index (κ3) is 2.61. The predicted octanol–water partition coefficient (Wildman–Crippen LogP) is 1.25. The van der Waals surface area contributed by atoms with Crippen molar-refractivity contribution in [3.8, 4) is 0 Å². The van der Waals surface area contributed by atoms with E-state index in [1.165, 1.54) is 0 Å². The number of hydrogen-bond acceptors (Lipinski definition) is 5. The summed E-state index contributed by atoms with van der Waals surface area (Å²) in [6.45, 7) is 9.20. The molecule has 5 nitrogen and oxygen atoms in total. The van der Waals surface area contributed by atoms with Crippen LogP contribution < -0.4 is 11.1 Å². The van der Waals surface area contributed by atoms with Crippen molar-refractivity contribution in [3.63, 3.8) is 0 Å². The normalized spacial score (nSPS) is 13.6. The zero-order valence-electron chi connectivity index (χ0n) is 10.5. The van der Waals surface area contributed by atoms with Crippen LogP contribution in [0.2, 0.25) is 0 Å². The molecule has 1 atom stereocenters. The minimum Gasteiger partial charge on any atom is -0.391 e. The van der Waals surface area contributed by atoms with Gasteiger partial charge in [-0.25, -0.2) is 9.97 Å². The quantitative estimate of drug-likeness (QED) is 0.719. The van der Waals surface area contributed by atoms with Gasteiger partial charge in [-0.2, -0.15) is 0 Å². The lowest BCUT2D eigenvalue weighted by atomic mass is 9.98. The first kappa shape index (κ1) is 12.7. The maximum atomic E-state index is 9.63. The number of nitrogen functional groups attached to an aromatic ring is 1. The zero-order valence-corrected chi connectivity index (χ0v) is 10.5. The second-order valence-corrected chi connectivity index (χ2v) is 4.65. The van der Waals surface area contributed by atoms with Crippen LogP contribution in [0.4, 0.5) is 11.6 Å². The van der Waals surface area contributed by atoms with Gasteiger partial charge in [0.25, 0.3) is 0 Å². The van der Waals surface area contributed by atoms with E-state index in [1.807, 2.05) is 20.8 Å². The Bertz CT molecular complexity index is 388. The molecule has 1 heterocycles. The van der Waals surface area contributed by atoms with Gasteiger partial charge in [0, 0.05) is 5.56 Å². The highest BCUT2D eigenvalue weighted by molar-refractivity contribution is 5.55. The fourth-order valence-corrected chi connectivity index (χ4v) is 1.18. The van der Waals surface area contributed by atoms with Crippen LogP contribution in [0.1, 0.15) is 32.2 Å². The monoisotopic (exact) mass is 224 g/mol. The van der Waals surface area contributed by atoms with E-state index in [0.29, 0.717) is 17.5 Å². The number of aryl methyl sites for hydroxylation is 1. The summed E-state index contributed by atoms with van der Waals surface area (Å²) in [5.74, 6) is 1.76. The molecule has 0 aliphatic heterocycles. The number of nitrogens with one attached hydrogen (secondary N) is 1. The number of nitrogens with two attached hydrogens (primary N) is 1. The van der Waals surface area contributed by atoms with Gasteiger partial charge in [0.1, 0.15) is 17.5 Å². The van der Waals surface area contributed by atoms with Crippen molar-refractivity contribution in [1.29, 1.82) is 0 Å². The van der Waals surface area contributed by atoms with Gasteiger partial charge in [0.05, 0.1) is 11.6 Å². The molecule has 5 heteroatoms. The van der Waals surface area contributed by atoms with Crippen LogP contribution in [-0.4, -0.2) is 26.7 Å². The summed E-state index contributed by atoms with van der Waals surface area (Å²) in [5, 5.41) is 12.8. The van der Waals surface area contributed by atoms with Crippen LogP contribution in [0.25, 0.3) is 0 Å². The Kier molecular flexibility index (Phi) is 3.38. The van der Waals surface area contributed by atoms with Gasteiger partial charge in [-0.1, -0.05) is 0 Å². The summed E-state index contributed by atoms with van der Waals surface area (Å²) in [7, 11) is 0. The number of nitrogens with zero attached hydrogens (tertiary/aromatic N) is 2. The zero-order chi connectivity index (χ0) is 12.5. The highest BCUT2D eigenvalue weighted by Gasteiger charge is 2.25. The lowest BCUT2D eigenvalue weighted by Gasteiger charge is -2.30. The Morgan fingerprint density at radius 3 is 2.38 bits per heavy atom. The van der Waals surface area contributed by atoms with E-state index in [4.69, 9.17) is 5.73 Å². The molecule has 16 heavy (non-hydrogen) atoms. The minimum atomic E-state index is -0.497. The second-order valence-electron chi connectivity index (χ2n) is 4.65. The highest BCUT2D eigenvalue weighted by Crippen LogP contribution is 2.22. The van der Waals surface area contributed by atoms with Crippen molar-refractivity contribution in [2.75, 3.05) is 11.1 Å². The molecule has 0 saturated heterocycles. The predicted molar refractivity (Wildman–Crippen MR) is 65.3 cm³/mol. The van der Waals surface area contributed by atoms with Crippen molar-refractivity contribution in [2.24, 2.45) is 0 Å². The van der Waals surface area contributed by atoms with E-state index in [2.05, 4.69) is 15.3 Å². The SMILES string of the molecule is Cc1nc(N)c(C)c(NC(C)(C)C(C)O)n1. The summed E-state index contributed by atoms with van der Waals surface area (Å²) < 4.78 is 0. The number of aliphatic hydroxyl groups excluding tert-OH is 1. The van der Waals surface area contributed by atoms with Gasteiger partial charge >= 0.3 is 0 Å². The highest BCUT2D eigenvalue weighted by atomic mass is 16.3. The van der Waals surface area contributed by atoms with Crippen LogP contribution in [0.15, 0.2) is 0 Å². The summed E-state index contributed by atoms with van der Waals surface area (Å²) in [5.41, 5.74) is 6.11. The molecule has 1 rings (SSSR count). The first-order valence-corrected chi connectivity index (χ1v) is 5.31. The van der Waals surface area contributed by atoms with Crippen LogP contribution in [0.5, 0.6) is 0 Å². The molecule has 0 saturated carbocycles. The van der Waals surface area contributed by atoms with E-state index in [-0.39, 0.29) is 0 Å². The summed E-state index contributed by atoms with van der Waals surface area (Å²) in [6, 6.07) is 0. The van der Waals surface area contributed by atoms with E-state index >= 15 is 0 Å². The van der Waals surface area contributed by atoms with Crippen LogP contribution in [0.3, 0.4) is 0 Å². The van der Waals surface area contributed by atoms with Crippen molar-refractivity contribution >= 4 is 11.6 Å². The molecule has 0 bridgehead atoms. The Hall–Kier alpha value is -1.36. The standard InChI is InChI=1S/C11H20N4O/c1-6-9(12)13-8(3)14-10(6)15-11(4,5)7(2)16/h7,16H,1-5H3,(H3,12,13,14,15). The average molecular weight is 224 g/mol. The van der Waals surface area contributed by atoms with E-state index < -0.39 is 11.6 Å². The molecule has 1 aromatic heterocycles. The Morgan fingerprint density at radius 1 is 1.31 bits per heavy atom. The number of aliphatic hydroxyl groups is 1.